The van der Waals surface area contributed by atoms with Gasteiger partial charge >= 0.3 is 12.1 Å². The zero-order chi connectivity index (χ0) is 31.1. The minimum absolute atomic E-state index is 0.00885. The average molecular weight is 607 g/mol. The predicted molar refractivity (Wildman–Crippen MR) is 182 cm³/mol. The molecule has 0 aromatic carbocycles. The van der Waals surface area contributed by atoms with Gasteiger partial charge in [-0.3, -0.25) is 0 Å². The molecular weight excluding hydrogens is 536 g/mol. The molecule has 8 heteroatoms. The Morgan fingerprint density at radius 2 is 0.837 bits per heavy atom. The smallest absolute Gasteiger partial charge is 0.315 e. The summed E-state index contributed by atoms with van der Waals surface area (Å²) in [6.45, 7) is 16.8. The fraction of sp³-hybridized carbons (Fsp3) is 0.943. The van der Waals surface area contributed by atoms with Gasteiger partial charge in [0.25, 0.3) is 0 Å². The lowest BCUT2D eigenvalue weighted by atomic mass is 9.75. The van der Waals surface area contributed by atoms with Crippen LogP contribution in [0.25, 0.3) is 0 Å². The molecule has 2 aliphatic carbocycles. The maximum absolute atomic E-state index is 12.5. The molecule has 0 heterocycles. The Kier molecular flexibility index (Phi) is 20.8. The summed E-state index contributed by atoms with van der Waals surface area (Å²) in [5.74, 6) is 1.57. The van der Waals surface area contributed by atoms with Crippen LogP contribution in [-0.2, 0) is 0 Å². The quantitative estimate of drug-likeness (QED) is 0.108. The van der Waals surface area contributed by atoms with E-state index in [2.05, 4.69) is 58.8 Å². The highest BCUT2D eigenvalue weighted by Gasteiger charge is 2.28. The number of hydrogen-bond acceptors (Lipinski definition) is 4. The summed E-state index contributed by atoms with van der Waals surface area (Å²) in [4.78, 5) is 30.0. The van der Waals surface area contributed by atoms with Gasteiger partial charge in [0.15, 0.2) is 0 Å². The molecule has 2 rings (SSSR count). The Morgan fingerprint density at radius 1 is 0.512 bits per heavy atom. The van der Waals surface area contributed by atoms with Crippen LogP contribution in [-0.4, -0.2) is 86.3 Å². The molecule has 4 amide bonds. The van der Waals surface area contributed by atoms with Crippen molar-refractivity contribution in [3.63, 3.8) is 0 Å². The van der Waals surface area contributed by atoms with Crippen LogP contribution in [0.15, 0.2) is 0 Å². The van der Waals surface area contributed by atoms with Gasteiger partial charge in [-0.25, -0.2) is 9.59 Å². The monoisotopic (exact) mass is 607 g/mol. The molecule has 4 N–H and O–H groups in total. The molecule has 0 atom stereocenters. The van der Waals surface area contributed by atoms with E-state index < -0.39 is 0 Å². The number of amides is 4. The summed E-state index contributed by atoms with van der Waals surface area (Å²) in [5.41, 5.74) is 0. The molecule has 0 aromatic heterocycles. The standard InChI is InChI=1S/C35H70N6O2/c1-5-9-23-40(24-10-6-2)27-21-36-34(42)38-32-17-13-30(14-18-32)29-31-15-19-33(20-16-31)39-35(43)37-22-28-41(25-11-7-3)26-12-8-4/h30-33H,5-29H2,1-4H3,(H2,36,38,42)(H2,37,39,43). The minimum Gasteiger partial charge on any atom is -0.337 e. The zero-order valence-electron chi connectivity index (χ0n) is 28.7. The molecule has 252 valence electrons. The first kappa shape index (κ1) is 37.6. The summed E-state index contributed by atoms with van der Waals surface area (Å²) in [7, 11) is 0. The van der Waals surface area contributed by atoms with E-state index in [0.717, 1.165) is 89.9 Å². The van der Waals surface area contributed by atoms with Crippen LogP contribution in [0.4, 0.5) is 9.59 Å². The molecule has 8 nitrogen and oxygen atoms in total. The fourth-order valence-electron chi connectivity index (χ4n) is 6.88. The first-order chi connectivity index (χ1) is 21.0. The number of unbranched alkanes of at least 4 members (excludes halogenated alkanes) is 4. The van der Waals surface area contributed by atoms with Crippen molar-refractivity contribution >= 4 is 12.1 Å². The highest BCUT2D eigenvalue weighted by atomic mass is 16.2. The molecule has 0 radical (unpaired) electrons. The van der Waals surface area contributed by atoms with Gasteiger partial charge in [-0.05, 0) is 121 Å². The van der Waals surface area contributed by atoms with Crippen LogP contribution in [0.5, 0.6) is 0 Å². The molecular formula is C35H70N6O2. The van der Waals surface area contributed by atoms with Gasteiger partial charge in [-0.2, -0.15) is 0 Å². The van der Waals surface area contributed by atoms with Crippen molar-refractivity contribution in [2.45, 2.75) is 149 Å². The summed E-state index contributed by atoms with van der Waals surface area (Å²) >= 11 is 0. The van der Waals surface area contributed by atoms with E-state index in [1.807, 2.05) is 0 Å². The van der Waals surface area contributed by atoms with Gasteiger partial charge in [0.2, 0.25) is 0 Å². The van der Waals surface area contributed by atoms with Gasteiger partial charge in [0.1, 0.15) is 0 Å². The van der Waals surface area contributed by atoms with Crippen molar-refractivity contribution in [2.24, 2.45) is 11.8 Å². The molecule has 2 saturated carbocycles. The number of carbonyl (C=O) groups is 2. The lowest BCUT2D eigenvalue weighted by Crippen LogP contribution is -2.46. The molecule has 0 saturated heterocycles. The maximum atomic E-state index is 12.5. The Morgan fingerprint density at radius 3 is 1.14 bits per heavy atom. The van der Waals surface area contributed by atoms with E-state index in [9.17, 15) is 9.59 Å². The molecule has 0 unspecified atom stereocenters. The third-order valence-electron chi connectivity index (χ3n) is 9.77. The minimum atomic E-state index is 0.00885. The van der Waals surface area contributed by atoms with Crippen molar-refractivity contribution < 1.29 is 9.59 Å². The number of rotatable bonds is 22. The number of hydrogen-bond donors (Lipinski definition) is 4. The first-order valence-electron chi connectivity index (χ1n) is 18.5. The van der Waals surface area contributed by atoms with Crippen molar-refractivity contribution in [2.75, 3.05) is 52.4 Å². The lowest BCUT2D eigenvalue weighted by molar-refractivity contribution is 0.196. The van der Waals surface area contributed by atoms with Crippen LogP contribution in [0, 0.1) is 11.8 Å². The molecule has 43 heavy (non-hydrogen) atoms. The van der Waals surface area contributed by atoms with Crippen molar-refractivity contribution in [1.82, 2.24) is 31.1 Å². The molecule has 0 spiro atoms. The van der Waals surface area contributed by atoms with Crippen LogP contribution in [0.3, 0.4) is 0 Å². The summed E-state index contributed by atoms with van der Waals surface area (Å²) < 4.78 is 0. The number of nitrogens with one attached hydrogen (secondary N) is 4. The Labute approximate surface area is 265 Å². The third kappa shape index (κ3) is 17.5. The van der Waals surface area contributed by atoms with Gasteiger partial charge in [0.05, 0.1) is 0 Å². The van der Waals surface area contributed by atoms with Gasteiger partial charge in [0, 0.05) is 38.3 Å². The molecule has 0 aromatic rings. The van der Waals surface area contributed by atoms with Crippen LogP contribution >= 0.6 is 0 Å². The average Bonchev–Trinajstić information content (AvgIpc) is 3.01. The van der Waals surface area contributed by atoms with Crippen molar-refractivity contribution in [3.05, 3.63) is 0 Å². The van der Waals surface area contributed by atoms with E-state index in [4.69, 9.17) is 0 Å². The van der Waals surface area contributed by atoms with Crippen LogP contribution < -0.4 is 21.3 Å². The molecule has 2 aliphatic rings. The maximum Gasteiger partial charge on any atom is 0.315 e. The van der Waals surface area contributed by atoms with E-state index in [1.54, 1.807) is 0 Å². The van der Waals surface area contributed by atoms with Crippen LogP contribution in [0.1, 0.15) is 137 Å². The van der Waals surface area contributed by atoms with E-state index >= 15 is 0 Å². The fourth-order valence-corrected chi connectivity index (χ4v) is 6.88. The second-order valence-electron chi connectivity index (χ2n) is 13.6. The Bertz CT molecular complexity index is 632. The summed E-state index contributed by atoms with van der Waals surface area (Å²) in [6, 6.07) is 0.650. The van der Waals surface area contributed by atoms with Gasteiger partial charge < -0.3 is 31.1 Å². The zero-order valence-corrected chi connectivity index (χ0v) is 28.7. The number of urea groups is 2. The third-order valence-corrected chi connectivity index (χ3v) is 9.77. The predicted octanol–water partition coefficient (Wildman–Crippen LogP) is 6.90. The largest absolute Gasteiger partial charge is 0.337 e. The summed E-state index contributed by atoms with van der Waals surface area (Å²) in [5, 5.41) is 12.7. The second kappa shape index (κ2) is 23.8. The molecule has 0 aliphatic heterocycles. The highest BCUT2D eigenvalue weighted by Crippen LogP contribution is 2.35. The SMILES string of the molecule is CCCCN(CCCC)CCNC(=O)NC1CCC(CC2CCC(NC(=O)NCCN(CCCC)CCCC)CC2)CC1. The van der Waals surface area contributed by atoms with E-state index in [1.165, 1.54) is 83.5 Å². The second-order valence-corrected chi connectivity index (χ2v) is 13.6. The van der Waals surface area contributed by atoms with E-state index in [0.29, 0.717) is 12.1 Å². The van der Waals surface area contributed by atoms with Crippen molar-refractivity contribution in [3.8, 4) is 0 Å². The van der Waals surface area contributed by atoms with Crippen molar-refractivity contribution in [1.29, 1.82) is 0 Å². The Hall–Kier alpha value is -1.54. The lowest BCUT2D eigenvalue weighted by Gasteiger charge is -2.34. The Balaban J connectivity index is 1.54. The topological polar surface area (TPSA) is 88.7 Å². The van der Waals surface area contributed by atoms with Crippen LogP contribution in [0.2, 0.25) is 0 Å². The number of carbonyl (C=O) groups excluding carboxylic acids is 2. The first-order valence-corrected chi connectivity index (χ1v) is 18.5. The molecule has 2 fully saturated rings. The highest BCUT2D eigenvalue weighted by molar-refractivity contribution is 5.74. The van der Waals surface area contributed by atoms with Gasteiger partial charge in [-0.15, -0.1) is 0 Å². The summed E-state index contributed by atoms with van der Waals surface area (Å²) in [6.07, 6.45) is 20.4. The number of nitrogens with zero attached hydrogens (tertiary/aromatic N) is 2. The molecule has 0 bridgehead atoms. The van der Waals surface area contributed by atoms with Gasteiger partial charge in [-0.1, -0.05) is 53.4 Å². The normalized spacial score (nSPS) is 22.5. The van der Waals surface area contributed by atoms with E-state index in [-0.39, 0.29) is 12.1 Å².